The lowest BCUT2D eigenvalue weighted by atomic mass is 9.92. The summed E-state index contributed by atoms with van der Waals surface area (Å²) in [5, 5.41) is 7.74. The van der Waals surface area contributed by atoms with Crippen LogP contribution in [0.5, 0.6) is 0 Å². The minimum Gasteiger partial charge on any atom is -0.455 e. The third kappa shape index (κ3) is 2.43. The summed E-state index contributed by atoms with van der Waals surface area (Å²) in [7, 11) is 0. The Balaban J connectivity index is 2.04. The Morgan fingerprint density at radius 1 is 0.889 bits per heavy atom. The zero-order chi connectivity index (χ0) is 18.4. The molecule has 130 valence electrons. The standard InChI is InChI=1S/C24H17NOS/c1-15-9-5-7-13-25-22-19(15)21-17-11-3-4-12-18(17)26-23(21)20-16(2)10-6-8-14-27-24(20)22/h3-14,25H,1-2H2/b9-5-,10-6-,13-7-,14-8-. The molecule has 1 N–H and O–H groups in total. The van der Waals surface area contributed by atoms with Gasteiger partial charge in [-0.2, -0.15) is 0 Å². The Morgan fingerprint density at radius 3 is 2.56 bits per heavy atom. The summed E-state index contributed by atoms with van der Waals surface area (Å²) in [5.41, 5.74) is 6.77. The summed E-state index contributed by atoms with van der Waals surface area (Å²) in [6, 6.07) is 8.16. The highest BCUT2D eigenvalue weighted by Gasteiger charge is 2.26. The number of hydrogen-bond acceptors (Lipinski definition) is 3. The van der Waals surface area contributed by atoms with E-state index < -0.39 is 0 Å². The Morgan fingerprint density at radius 2 is 1.67 bits per heavy atom. The van der Waals surface area contributed by atoms with E-state index in [1.807, 2.05) is 60.9 Å². The second kappa shape index (κ2) is 6.22. The number of thioether (sulfide) groups is 1. The third-order valence-electron chi connectivity index (χ3n) is 4.82. The maximum atomic E-state index is 6.36. The first-order valence-electron chi connectivity index (χ1n) is 8.75. The fraction of sp³-hybridized carbons (Fsp3) is 0. The molecule has 2 aliphatic heterocycles. The first-order valence-corrected chi connectivity index (χ1v) is 9.63. The molecule has 3 heteroatoms. The number of rotatable bonds is 0. The lowest BCUT2D eigenvalue weighted by molar-refractivity contribution is 0.666. The Labute approximate surface area is 161 Å². The number of para-hydroxylation sites is 1. The summed E-state index contributed by atoms with van der Waals surface area (Å²) < 4.78 is 6.36. The predicted octanol–water partition coefficient (Wildman–Crippen LogP) is 7.28. The van der Waals surface area contributed by atoms with Crippen LogP contribution in [0.15, 0.2) is 94.8 Å². The number of nitrogens with one attached hydrogen (secondary N) is 1. The SMILES string of the molecule is C=C1/C=C\C=C/Sc2c3c(c4c(oc5ccccc54)c21)C(=C)/C=C\C=C/N3. The average molecular weight is 367 g/mol. The van der Waals surface area contributed by atoms with E-state index in [2.05, 4.69) is 29.9 Å². The van der Waals surface area contributed by atoms with Crippen molar-refractivity contribution in [3.63, 3.8) is 0 Å². The van der Waals surface area contributed by atoms with Gasteiger partial charge < -0.3 is 9.73 Å². The van der Waals surface area contributed by atoms with E-state index in [0.29, 0.717) is 0 Å². The lowest BCUT2D eigenvalue weighted by Gasteiger charge is -2.21. The van der Waals surface area contributed by atoms with Crippen LogP contribution in [0.1, 0.15) is 11.1 Å². The lowest BCUT2D eigenvalue weighted by Crippen LogP contribution is -2.02. The summed E-state index contributed by atoms with van der Waals surface area (Å²) in [6.07, 6.45) is 14.1. The highest BCUT2D eigenvalue weighted by Crippen LogP contribution is 2.49. The van der Waals surface area contributed by atoms with Gasteiger partial charge in [-0.1, -0.05) is 73.5 Å². The van der Waals surface area contributed by atoms with Crippen LogP contribution in [-0.2, 0) is 0 Å². The first kappa shape index (κ1) is 16.0. The minimum absolute atomic E-state index is 0.864. The van der Waals surface area contributed by atoms with Gasteiger partial charge in [0.15, 0.2) is 0 Å². The van der Waals surface area contributed by atoms with E-state index in [9.17, 15) is 0 Å². The molecule has 0 fully saturated rings. The van der Waals surface area contributed by atoms with Crippen molar-refractivity contribution in [2.75, 3.05) is 5.32 Å². The van der Waals surface area contributed by atoms with Crippen molar-refractivity contribution in [3.05, 3.63) is 96.6 Å². The fourth-order valence-electron chi connectivity index (χ4n) is 3.65. The molecule has 0 saturated carbocycles. The molecule has 0 saturated heterocycles. The number of benzene rings is 2. The Bertz CT molecular complexity index is 1250. The molecule has 2 aromatic carbocycles. The number of hydrogen-bond donors (Lipinski definition) is 1. The van der Waals surface area contributed by atoms with Crippen LogP contribution >= 0.6 is 11.8 Å². The number of anilines is 1. The van der Waals surface area contributed by atoms with E-state index in [1.165, 1.54) is 0 Å². The largest absolute Gasteiger partial charge is 0.455 e. The Hall–Kier alpha value is -3.17. The van der Waals surface area contributed by atoms with Crippen molar-refractivity contribution < 1.29 is 4.42 Å². The highest BCUT2D eigenvalue weighted by atomic mass is 32.2. The van der Waals surface area contributed by atoms with Gasteiger partial charge in [-0.05, 0) is 28.7 Å². The van der Waals surface area contributed by atoms with Crippen molar-refractivity contribution in [1.29, 1.82) is 0 Å². The smallest absolute Gasteiger partial charge is 0.145 e. The zero-order valence-corrected chi connectivity index (χ0v) is 15.5. The van der Waals surface area contributed by atoms with Crippen LogP contribution in [-0.4, -0.2) is 0 Å². The number of furan rings is 1. The maximum Gasteiger partial charge on any atom is 0.145 e. The van der Waals surface area contributed by atoms with Gasteiger partial charge >= 0.3 is 0 Å². The second-order valence-electron chi connectivity index (χ2n) is 6.48. The maximum absolute atomic E-state index is 6.36. The monoisotopic (exact) mass is 367 g/mol. The van der Waals surface area contributed by atoms with Crippen molar-refractivity contribution in [1.82, 2.24) is 0 Å². The normalized spacial score (nSPS) is 20.6. The molecule has 0 amide bonds. The van der Waals surface area contributed by atoms with Gasteiger partial charge in [0.05, 0.1) is 5.69 Å². The zero-order valence-electron chi connectivity index (χ0n) is 14.7. The second-order valence-corrected chi connectivity index (χ2v) is 7.39. The van der Waals surface area contributed by atoms with Crippen molar-refractivity contribution >= 4 is 50.5 Å². The molecule has 3 aromatic rings. The van der Waals surface area contributed by atoms with Crippen molar-refractivity contribution in [2.24, 2.45) is 0 Å². The fourth-order valence-corrected chi connectivity index (χ4v) is 4.58. The van der Waals surface area contributed by atoms with Crippen molar-refractivity contribution in [3.8, 4) is 0 Å². The molecule has 27 heavy (non-hydrogen) atoms. The molecule has 0 atom stereocenters. The number of fused-ring (bicyclic) bond motifs is 8. The average Bonchev–Trinajstić information content (AvgIpc) is 3.01. The molecule has 0 bridgehead atoms. The molecule has 0 unspecified atom stereocenters. The third-order valence-corrected chi connectivity index (χ3v) is 5.76. The van der Waals surface area contributed by atoms with Crippen molar-refractivity contribution in [2.45, 2.75) is 4.90 Å². The van der Waals surface area contributed by atoms with Gasteiger partial charge in [0.1, 0.15) is 11.2 Å². The van der Waals surface area contributed by atoms with E-state index >= 15 is 0 Å². The van der Waals surface area contributed by atoms with Gasteiger partial charge in [-0.3, -0.25) is 0 Å². The highest BCUT2D eigenvalue weighted by molar-refractivity contribution is 8.02. The van der Waals surface area contributed by atoms with Gasteiger partial charge in [-0.15, -0.1) is 0 Å². The van der Waals surface area contributed by atoms with Crippen LogP contribution < -0.4 is 5.32 Å². The molecular formula is C24H17NOS. The minimum atomic E-state index is 0.864. The van der Waals surface area contributed by atoms with E-state index in [-0.39, 0.29) is 0 Å². The molecular weight excluding hydrogens is 350 g/mol. The molecule has 3 heterocycles. The van der Waals surface area contributed by atoms with Crippen LogP contribution in [0.3, 0.4) is 0 Å². The molecule has 2 nitrogen and oxygen atoms in total. The van der Waals surface area contributed by atoms with Gasteiger partial charge in [0.2, 0.25) is 0 Å². The predicted molar refractivity (Wildman–Crippen MR) is 118 cm³/mol. The summed E-state index contributed by atoms with van der Waals surface area (Å²) in [6.45, 7) is 8.65. The van der Waals surface area contributed by atoms with Crippen LogP contribution in [0, 0.1) is 0 Å². The van der Waals surface area contributed by atoms with Gasteiger partial charge in [0, 0.05) is 33.0 Å². The van der Waals surface area contributed by atoms with Gasteiger partial charge in [-0.25, -0.2) is 0 Å². The Kier molecular flexibility index (Phi) is 3.69. The number of allylic oxidation sites excluding steroid dienone is 8. The molecule has 5 rings (SSSR count). The quantitative estimate of drug-likeness (QED) is 0.452. The molecule has 1 aromatic heterocycles. The first-order chi connectivity index (χ1) is 13.3. The van der Waals surface area contributed by atoms with Crippen LogP contribution in [0.25, 0.3) is 33.1 Å². The summed E-state index contributed by atoms with van der Waals surface area (Å²) >= 11 is 1.67. The van der Waals surface area contributed by atoms with Crippen LogP contribution in [0.2, 0.25) is 0 Å². The van der Waals surface area contributed by atoms with E-state index in [4.69, 9.17) is 4.42 Å². The molecule has 2 aliphatic rings. The molecule has 0 aliphatic carbocycles. The topological polar surface area (TPSA) is 25.2 Å². The molecule has 0 radical (unpaired) electrons. The van der Waals surface area contributed by atoms with Gasteiger partial charge in [0.25, 0.3) is 0 Å². The van der Waals surface area contributed by atoms with E-state index in [0.717, 1.165) is 54.8 Å². The van der Waals surface area contributed by atoms with E-state index in [1.54, 1.807) is 11.8 Å². The summed E-state index contributed by atoms with van der Waals surface area (Å²) in [4.78, 5) is 1.10. The van der Waals surface area contributed by atoms with Crippen LogP contribution in [0.4, 0.5) is 5.69 Å². The molecule has 0 spiro atoms. The summed E-state index contributed by atoms with van der Waals surface area (Å²) in [5.74, 6) is 0.